The van der Waals surface area contributed by atoms with Crippen molar-refractivity contribution in [2.45, 2.75) is 51.5 Å². The van der Waals surface area contributed by atoms with Crippen LogP contribution < -0.4 is 4.90 Å². The zero-order chi connectivity index (χ0) is 14.2. The topological polar surface area (TPSA) is 42.2 Å². The highest BCUT2D eigenvalue weighted by atomic mass is 16.3. The van der Waals surface area contributed by atoms with Crippen LogP contribution in [0.1, 0.15) is 54.6 Å². The maximum absolute atomic E-state index is 5.66. The van der Waals surface area contributed by atoms with Gasteiger partial charge in [-0.25, -0.2) is 9.97 Å². The molecule has 0 N–H and O–H groups in total. The van der Waals surface area contributed by atoms with E-state index < -0.39 is 0 Å². The van der Waals surface area contributed by atoms with Gasteiger partial charge in [0.05, 0.1) is 12.3 Å². The molecular formula is C17H21N3O. The Morgan fingerprint density at radius 1 is 1.19 bits per heavy atom. The van der Waals surface area contributed by atoms with Gasteiger partial charge in [-0.2, -0.15) is 0 Å². The van der Waals surface area contributed by atoms with Crippen molar-refractivity contribution < 1.29 is 4.42 Å². The molecule has 1 aliphatic heterocycles. The smallest absolute Gasteiger partial charge is 0.136 e. The molecule has 2 aliphatic rings. The lowest BCUT2D eigenvalue weighted by atomic mass is 9.95. The second kappa shape index (κ2) is 5.17. The van der Waals surface area contributed by atoms with Crippen molar-refractivity contribution in [3.63, 3.8) is 0 Å². The largest absolute Gasteiger partial charge is 0.467 e. The summed E-state index contributed by atoms with van der Waals surface area (Å²) in [6, 6.07) is 4.40. The first-order valence-corrected chi connectivity index (χ1v) is 7.99. The van der Waals surface area contributed by atoms with Crippen molar-refractivity contribution >= 4 is 5.82 Å². The number of hydrogen-bond acceptors (Lipinski definition) is 4. The molecule has 1 unspecified atom stereocenters. The van der Waals surface area contributed by atoms with Gasteiger partial charge in [0.1, 0.15) is 17.4 Å². The quantitative estimate of drug-likeness (QED) is 0.844. The molecule has 4 rings (SSSR count). The number of furan rings is 1. The maximum Gasteiger partial charge on any atom is 0.136 e. The van der Waals surface area contributed by atoms with Gasteiger partial charge in [0.15, 0.2) is 0 Å². The maximum atomic E-state index is 5.66. The molecule has 1 aliphatic carbocycles. The first kappa shape index (κ1) is 12.9. The Morgan fingerprint density at radius 3 is 2.95 bits per heavy atom. The number of anilines is 1. The molecule has 2 aromatic heterocycles. The Morgan fingerprint density at radius 2 is 2.10 bits per heavy atom. The summed E-state index contributed by atoms with van der Waals surface area (Å²) in [6.07, 6.45) is 8.84. The minimum absolute atomic E-state index is 0.334. The molecule has 0 saturated carbocycles. The van der Waals surface area contributed by atoms with Crippen LogP contribution in [0.4, 0.5) is 5.82 Å². The van der Waals surface area contributed by atoms with E-state index in [1.165, 1.54) is 30.5 Å². The van der Waals surface area contributed by atoms with E-state index in [1.54, 1.807) is 6.26 Å². The Labute approximate surface area is 125 Å². The molecule has 1 saturated heterocycles. The lowest BCUT2D eigenvalue weighted by molar-refractivity contribution is 0.463. The van der Waals surface area contributed by atoms with Crippen molar-refractivity contribution in [1.29, 1.82) is 0 Å². The monoisotopic (exact) mass is 283 g/mol. The number of aryl methyl sites for hydroxylation is 2. The van der Waals surface area contributed by atoms with Crippen LogP contribution in [0.25, 0.3) is 0 Å². The summed E-state index contributed by atoms with van der Waals surface area (Å²) >= 11 is 0. The molecule has 0 radical (unpaired) electrons. The molecule has 0 bridgehead atoms. The van der Waals surface area contributed by atoms with Crippen molar-refractivity contribution in [3.05, 3.63) is 41.2 Å². The highest BCUT2D eigenvalue weighted by Crippen LogP contribution is 2.38. The molecule has 21 heavy (non-hydrogen) atoms. The number of rotatable bonds is 2. The number of hydrogen-bond donors (Lipinski definition) is 0. The summed E-state index contributed by atoms with van der Waals surface area (Å²) in [5, 5.41) is 0. The van der Waals surface area contributed by atoms with Gasteiger partial charge >= 0.3 is 0 Å². The fraction of sp³-hybridized carbons (Fsp3) is 0.529. The summed E-state index contributed by atoms with van der Waals surface area (Å²) in [6.45, 7) is 3.07. The summed E-state index contributed by atoms with van der Waals surface area (Å²) in [5.74, 6) is 3.13. The third-order valence-corrected chi connectivity index (χ3v) is 4.67. The van der Waals surface area contributed by atoms with Gasteiger partial charge in [-0.1, -0.05) is 0 Å². The summed E-state index contributed by atoms with van der Waals surface area (Å²) in [7, 11) is 0. The van der Waals surface area contributed by atoms with Gasteiger partial charge in [-0.05, 0) is 57.6 Å². The first-order chi connectivity index (χ1) is 10.3. The minimum atomic E-state index is 0.334. The van der Waals surface area contributed by atoms with E-state index in [-0.39, 0.29) is 0 Å². The molecule has 2 aromatic rings. The predicted octanol–water partition coefficient (Wildman–Crippen LogP) is 3.60. The van der Waals surface area contributed by atoms with E-state index in [4.69, 9.17) is 9.40 Å². The summed E-state index contributed by atoms with van der Waals surface area (Å²) in [4.78, 5) is 11.9. The third kappa shape index (κ3) is 2.23. The van der Waals surface area contributed by atoms with Crippen LogP contribution >= 0.6 is 0 Å². The van der Waals surface area contributed by atoms with Crippen molar-refractivity contribution in [2.24, 2.45) is 0 Å². The second-order valence-electron chi connectivity index (χ2n) is 6.09. The fourth-order valence-electron chi connectivity index (χ4n) is 3.73. The van der Waals surface area contributed by atoms with Crippen molar-refractivity contribution in [3.8, 4) is 0 Å². The van der Waals surface area contributed by atoms with Crippen LogP contribution in [0.5, 0.6) is 0 Å². The van der Waals surface area contributed by atoms with E-state index in [1.807, 2.05) is 13.0 Å². The van der Waals surface area contributed by atoms with Crippen molar-refractivity contribution in [2.75, 3.05) is 11.4 Å². The lowest BCUT2D eigenvalue weighted by Gasteiger charge is -2.29. The third-order valence-electron chi connectivity index (χ3n) is 4.67. The highest BCUT2D eigenvalue weighted by Gasteiger charge is 2.32. The van der Waals surface area contributed by atoms with E-state index >= 15 is 0 Å². The number of aromatic nitrogens is 2. The van der Waals surface area contributed by atoms with Gasteiger partial charge in [0.25, 0.3) is 0 Å². The zero-order valence-electron chi connectivity index (χ0n) is 12.5. The minimum Gasteiger partial charge on any atom is -0.467 e. The highest BCUT2D eigenvalue weighted by molar-refractivity contribution is 5.52. The SMILES string of the molecule is Cc1nc2c(c(N3CCCC3c3ccco3)n1)CCCC2. The molecule has 3 heterocycles. The Hall–Kier alpha value is -1.84. The van der Waals surface area contributed by atoms with Crippen LogP contribution in [0.3, 0.4) is 0 Å². The molecule has 0 spiro atoms. The molecule has 1 atom stereocenters. The van der Waals surface area contributed by atoms with Gasteiger partial charge < -0.3 is 9.32 Å². The summed E-state index contributed by atoms with van der Waals surface area (Å²) in [5.41, 5.74) is 2.65. The van der Waals surface area contributed by atoms with Crippen molar-refractivity contribution in [1.82, 2.24) is 9.97 Å². The van der Waals surface area contributed by atoms with Crippen LogP contribution in [0, 0.1) is 6.92 Å². The number of nitrogens with zero attached hydrogens (tertiary/aromatic N) is 3. The molecule has 110 valence electrons. The van der Waals surface area contributed by atoms with Gasteiger partial charge in [-0.15, -0.1) is 0 Å². The second-order valence-corrected chi connectivity index (χ2v) is 6.09. The van der Waals surface area contributed by atoms with Crippen LogP contribution in [-0.4, -0.2) is 16.5 Å². The van der Waals surface area contributed by atoms with Gasteiger partial charge in [0, 0.05) is 17.8 Å². The average Bonchev–Trinajstić information content (AvgIpc) is 3.17. The average molecular weight is 283 g/mol. The molecule has 0 amide bonds. The fourth-order valence-corrected chi connectivity index (χ4v) is 3.73. The van der Waals surface area contributed by atoms with Gasteiger partial charge in [0.2, 0.25) is 0 Å². The normalized spacial score (nSPS) is 21.6. The van der Waals surface area contributed by atoms with E-state index in [9.17, 15) is 0 Å². The van der Waals surface area contributed by atoms with E-state index in [0.717, 1.165) is 43.2 Å². The lowest BCUT2D eigenvalue weighted by Crippen LogP contribution is -2.26. The molecule has 4 nitrogen and oxygen atoms in total. The Kier molecular flexibility index (Phi) is 3.17. The van der Waals surface area contributed by atoms with Gasteiger partial charge in [-0.3, -0.25) is 0 Å². The standard InChI is InChI=1S/C17H21N3O/c1-12-18-14-7-3-2-6-13(14)17(19-12)20-10-4-8-15(20)16-9-5-11-21-16/h5,9,11,15H,2-4,6-8,10H2,1H3. The Balaban J connectivity index is 1.77. The van der Waals surface area contributed by atoms with E-state index in [0.29, 0.717) is 6.04 Å². The van der Waals surface area contributed by atoms with E-state index in [2.05, 4.69) is 16.0 Å². The van der Waals surface area contributed by atoms with Crippen LogP contribution in [-0.2, 0) is 12.8 Å². The van der Waals surface area contributed by atoms with Crippen LogP contribution in [0.2, 0.25) is 0 Å². The number of fused-ring (bicyclic) bond motifs is 1. The molecule has 0 aromatic carbocycles. The molecule has 4 heteroatoms. The first-order valence-electron chi connectivity index (χ1n) is 7.99. The summed E-state index contributed by atoms with van der Waals surface area (Å²) < 4.78 is 5.66. The Bertz CT molecular complexity index is 636. The molecule has 1 fully saturated rings. The van der Waals surface area contributed by atoms with Crippen LogP contribution in [0.15, 0.2) is 22.8 Å². The predicted molar refractivity (Wildman–Crippen MR) is 81.4 cm³/mol. The molecular weight excluding hydrogens is 262 g/mol. The zero-order valence-corrected chi connectivity index (χ0v) is 12.5.